The highest BCUT2D eigenvalue weighted by Crippen LogP contribution is 2.33. The first kappa shape index (κ1) is 21.3. The van der Waals surface area contributed by atoms with Crippen LogP contribution in [0.1, 0.15) is 25.0 Å². The summed E-state index contributed by atoms with van der Waals surface area (Å²) in [6.07, 6.45) is -2.36. The molecule has 3 rings (SSSR count). The van der Waals surface area contributed by atoms with Gasteiger partial charge in [-0.15, -0.1) is 11.8 Å². The number of alkyl halides is 3. The lowest BCUT2D eigenvalue weighted by atomic mass is 10.1. The maximum atomic E-state index is 12.7. The highest BCUT2D eigenvalue weighted by Gasteiger charge is 2.29. The monoisotopic (exact) mass is 420 g/mol. The molecule has 0 radical (unpaired) electrons. The van der Waals surface area contributed by atoms with E-state index in [0.29, 0.717) is 18.8 Å². The van der Waals surface area contributed by atoms with E-state index >= 15 is 0 Å². The van der Waals surface area contributed by atoms with Crippen LogP contribution in [0.2, 0.25) is 0 Å². The number of hydrogen-bond acceptors (Lipinski definition) is 2. The molecule has 0 atom stereocenters. The number of benzene rings is 2. The van der Waals surface area contributed by atoms with Crippen LogP contribution >= 0.6 is 11.8 Å². The van der Waals surface area contributed by atoms with Gasteiger partial charge in [0, 0.05) is 40.8 Å². The van der Waals surface area contributed by atoms with Gasteiger partial charge in [0.15, 0.2) is 0 Å². The molecule has 3 nitrogen and oxygen atoms in total. The molecule has 0 aliphatic carbocycles. The van der Waals surface area contributed by atoms with E-state index in [4.69, 9.17) is 0 Å². The predicted octanol–water partition coefficient (Wildman–Crippen LogP) is 5.82. The van der Waals surface area contributed by atoms with Gasteiger partial charge in [0.1, 0.15) is 6.54 Å². The van der Waals surface area contributed by atoms with Gasteiger partial charge in [0.05, 0.1) is 5.56 Å². The number of fused-ring (bicyclic) bond motifs is 1. The molecule has 0 aliphatic rings. The van der Waals surface area contributed by atoms with Gasteiger partial charge < -0.3 is 9.47 Å². The fourth-order valence-corrected chi connectivity index (χ4v) is 4.28. The Morgan fingerprint density at radius 1 is 1.03 bits per heavy atom. The van der Waals surface area contributed by atoms with Crippen molar-refractivity contribution in [3.63, 3.8) is 0 Å². The lowest BCUT2D eigenvalue weighted by Crippen LogP contribution is -2.33. The number of thioether (sulfide) groups is 1. The van der Waals surface area contributed by atoms with Crippen molar-refractivity contribution in [3.8, 4) is 0 Å². The third-order valence-electron chi connectivity index (χ3n) is 4.85. The summed E-state index contributed by atoms with van der Waals surface area (Å²) in [7, 11) is 0. The molecule has 0 unspecified atom stereocenters. The average molecular weight is 421 g/mol. The normalized spacial score (nSPS) is 11.8. The first-order valence-corrected chi connectivity index (χ1v) is 10.5. The Bertz CT molecular complexity index is 976. The van der Waals surface area contributed by atoms with E-state index in [-0.39, 0.29) is 12.5 Å². The molecule has 0 fully saturated rings. The van der Waals surface area contributed by atoms with Crippen molar-refractivity contribution in [2.75, 3.05) is 13.1 Å². The van der Waals surface area contributed by atoms with Crippen LogP contribution in [-0.4, -0.2) is 28.5 Å². The Labute approximate surface area is 172 Å². The van der Waals surface area contributed by atoms with Crippen LogP contribution in [0.25, 0.3) is 10.9 Å². The molecular formula is C22H23F3N2OS. The minimum Gasteiger partial charge on any atom is -0.342 e. The Morgan fingerprint density at radius 2 is 1.69 bits per heavy atom. The standard InChI is InChI=1S/C22H23F3N2OS/c1-3-26(4-2)21(28)14-27-13-20(18-7-5-6-8-19(18)27)29-15-16-9-11-17(12-10-16)22(23,24)25/h5-13H,3-4,14-15H2,1-2H3. The van der Waals surface area contributed by atoms with Crippen molar-refractivity contribution in [1.82, 2.24) is 9.47 Å². The summed E-state index contributed by atoms with van der Waals surface area (Å²) in [6, 6.07) is 13.1. The number of nitrogens with zero attached hydrogens (tertiary/aromatic N) is 2. The first-order chi connectivity index (χ1) is 13.8. The highest BCUT2D eigenvalue weighted by atomic mass is 32.2. The molecule has 0 bridgehead atoms. The van der Waals surface area contributed by atoms with E-state index in [1.165, 1.54) is 12.1 Å². The van der Waals surface area contributed by atoms with E-state index in [9.17, 15) is 18.0 Å². The lowest BCUT2D eigenvalue weighted by Gasteiger charge is -2.19. The number of hydrogen-bond donors (Lipinski definition) is 0. The lowest BCUT2D eigenvalue weighted by molar-refractivity contribution is -0.137. The van der Waals surface area contributed by atoms with Gasteiger partial charge in [-0.05, 0) is 37.6 Å². The van der Waals surface area contributed by atoms with Crippen molar-refractivity contribution in [3.05, 3.63) is 65.9 Å². The van der Waals surface area contributed by atoms with E-state index in [1.54, 1.807) is 16.7 Å². The van der Waals surface area contributed by atoms with Gasteiger partial charge in [-0.2, -0.15) is 13.2 Å². The Kier molecular flexibility index (Phi) is 6.57. The zero-order valence-corrected chi connectivity index (χ0v) is 17.2. The molecule has 0 saturated heterocycles. The van der Waals surface area contributed by atoms with Crippen molar-refractivity contribution in [1.29, 1.82) is 0 Å². The topological polar surface area (TPSA) is 25.2 Å². The summed E-state index contributed by atoms with van der Waals surface area (Å²) < 4.78 is 40.1. The number of aromatic nitrogens is 1. The molecule has 0 spiro atoms. The number of likely N-dealkylation sites (N-methyl/N-ethyl adjacent to an activating group) is 1. The van der Waals surface area contributed by atoms with Gasteiger partial charge in [0.2, 0.25) is 5.91 Å². The minimum atomic E-state index is -4.32. The average Bonchev–Trinajstić information content (AvgIpc) is 3.05. The molecule has 1 heterocycles. The molecule has 7 heteroatoms. The third kappa shape index (κ3) is 4.96. The number of amides is 1. The molecule has 154 valence electrons. The molecule has 1 aromatic heterocycles. The third-order valence-corrected chi connectivity index (χ3v) is 5.96. The Morgan fingerprint density at radius 3 is 2.31 bits per heavy atom. The van der Waals surface area contributed by atoms with Crippen molar-refractivity contribution in [2.45, 2.75) is 37.2 Å². The van der Waals surface area contributed by atoms with Gasteiger partial charge >= 0.3 is 6.18 Å². The van der Waals surface area contributed by atoms with E-state index < -0.39 is 11.7 Å². The van der Waals surface area contributed by atoms with E-state index in [0.717, 1.165) is 33.5 Å². The second kappa shape index (κ2) is 8.95. The highest BCUT2D eigenvalue weighted by molar-refractivity contribution is 7.98. The second-order valence-electron chi connectivity index (χ2n) is 6.69. The molecule has 3 aromatic rings. The molecule has 0 saturated carbocycles. The van der Waals surface area contributed by atoms with Crippen LogP contribution in [0, 0.1) is 0 Å². The SMILES string of the molecule is CCN(CC)C(=O)Cn1cc(SCc2ccc(C(F)(F)F)cc2)c2ccccc21. The molecule has 2 aromatic carbocycles. The number of para-hydroxylation sites is 1. The van der Waals surface area contributed by atoms with Crippen LogP contribution in [0.15, 0.2) is 59.6 Å². The fourth-order valence-electron chi connectivity index (χ4n) is 3.23. The van der Waals surface area contributed by atoms with Crippen molar-refractivity contribution < 1.29 is 18.0 Å². The van der Waals surface area contributed by atoms with Gasteiger partial charge in [-0.1, -0.05) is 30.3 Å². The van der Waals surface area contributed by atoms with Gasteiger partial charge in [-0.25, -0.2) is 0 Å². The Balaban J connectivity index is 1.79. The summed E-state index contributed by atoms with van der Waals surface area (Å²) in [4.78, 5) is 15.3. The zero-order chi connectivity index (χ0) is 21.0. The smallest absolute Gasteiger partial charge is 0.342 e. The molecule has 0 aliphatic heterocycles. The number of rotatable bonds is 7. The number of carbonyl (C=O) groups excluding carboxylic acids is 1. The Hall–Kier alpha value is -2.41. The van der Waals surface area contributed by atoms with Gasteiger partial charge in [-0.3, -0.25) is 4.79 Å². The minimum absolute atomic E-state index is 0.0649. The summed E-state index contributed by atoms with van der Waals surface area (Å²) in [5, 5.41) is 1.04. The summed E-state index contributed by atoms with van der Waals surface area (Å²) in [5.74, 6) is 0.617. The zero-order valence-electron chi connectivity index (χ0n) is 16.4. The largest absolute Gasteiger partial charge is 0.416 e. The first-order valence-electron chi connectivity index (χ1n) is 9.48. The fraction of sp³-hybridized carbons (Fsp3) is 0.318. The maximum Gasteiger partial charge on any atom is 0.416 e. The maximum absolute atomic E-state index is 12.7. The quantitative estimate of drug-likeness (QED) is 0.450. The van der Waals surface area contributed by atoms with E-state index in [1.807, 2.05) is 48.9 Å². The van der Waals surface area contributed by atoms with Crippen LogP contribution < -0.4 is 0 Å². The predicted molar refractivity (Wildman–Crippen MR) is 111 cm³/mol. The van der Waals surface area contributed by atoms with Crippen LogP contribution in [0.3, 0.4) is 0 Å². The molecular weight excluding hydrogens is 397 g/mol. The van der Waals surface area contributed by atoms with E-state index in [2.05, 4.69) is 0 Å². The second-order valence-corrected chi connectivity index (χ2v) is 7.70. The van der Waals surface area contributed by atoms with Crippen LogP contribution in [0.5, 0.6) is 0 Å². The summed E-state index contributed by atoms with van der Waals surface area (Å²) in [6.45, 7) is 5.53. The summed E-state index contributed by atoms with van der Waals surface area (Å²) in [5.41, 5.74) is 1.15. The number of halogens is 3. The summed E-state index contributed by atoms with van der Waals surface area (Å²) >= 11 is 1.56. The number of carbonyl (C=O) groups is 1. The molecule has 29 heavy (non-hydrogen) atoms. The van der Waals surface area contributed by atoms with Gasteiger partial charge in [0.25, 0.3) is 0 Å². The van der Waals surface area contributed by atoms with Crippen molar-refractivity contribution >= 4 is 28.6 Å². The van der Waals surface area contributed by atoms with Crippen LogP contribution in [-0.2, 0) is 23.3 Å². The molecule has 0 N–H and O–H groups in total. The van der Waals surface area contributed by atoms with Crippen LogP contribution in [0.4, 0.5) is 13.2 Å². The van der Waals surface area contributed by atoms with Crippen molar-refractivity contribution in [2.24, 2.45) is 0 Å². The molecule has 1 amide bonds.